The second-order valence-electron chi connectivity index (χ2n) is 16.8. The zero-order valence-electron chi connectivity index (χ0n) is 39.2. The SMILES string of the molecule is CCCCCCCCCCCCCCc1ccc(S(=O)(=O)O)c(Oc2ccccc2)c1O.CCCCCCCCCCCCCCc1ccc(S(=O)(=O)[O-])c(Oc2ccccc2)c1[O-].[Ca+2]. The summed E-state index contributed by atoms with van der Waals surface area (Å²) in [5.41, 5.74) is 1.10. The van der Waals surface area contributed by atoms with E-state index in [-0.39, 0.29) is 49.2 Å². The number of phenolic OH excluding ortho intramolecular Hbond substituents is 1. The predicted molar refractivity (Wildman–Crippen MR) is 260 cm³/mol. The molecule has 0 amide bonds. The van der Waals surface area contributed by atoms with Crippen molar-refractivity contribution in [2.24, 2.45) is 0 Å². The fourth-order valence-corrected chi connectivity index (χ4v) is 8.91. The topological polar surface area (TPSA) is 173 Å². The first-order chi connectivity index (χ1) is 30.9. The average molecular weight is 963 g/mol. The molecule has 0 aliphatic heterocycles. The third-order valence-corrected chi connectivity index (χ3v) is 13.1. The van der Waals surface area contributed by atoms with Crippen molar-refractivity contribution >= 4 is 58.0 Å². The first-order valence-electron chi connectivity index (χ1n) is 23.9. The number of rotatable bonds is 32. The maximum Gasteiger partial charge on any atom is 2.00 e. The van der Waals surface area contributed by atoms with E-state index in [2.05, 4.69) is 13.8 Å². The summed E-state index contributed by atoms with van der Waals surface area (Å²) >= 11 is 0. The number of hydrogen-bond acceptors (Lipinski definition) is 9. The molecule has 0 radical (unpaired) electrons. The molecule has 4 rings (SSSR count). The third-order valence-electron chi connectivity index (χ3n) is 11.4. The van der Waals surface area contributed by atoms with Gasteiger partial charge in [-0.1, -0.05) is 215 Å². The number of aromatic hydroxyl groups is 1. The maximum atomic E-state index is 12.8. The molecule has 0 heterocycles. The van der Waals surface area contributed by atoms with Crippen molar-refractivity contribution in [2.45, 2.75) is 191 Å². The molecule has 0 saturated carbocycles. The number of benzene rings is 4. The quantitative estimate of drug-likeness (QED) is 0.0272. The Morgan fingerprint density at radius 2 is 0.800 bits per heavy atom. The van der Waals surface area contributed by atoms with Crippen LogP contribution in [0.3, 0.4) is 0 Å². The summed E-state index contributed by atoms with van der Waals surface area (Å²) in [4.78, 5) is -1.04. The summed E-state index contributed by atoms with van der Waals surface area (Å²) in [6.45, 7) is 4.48. The largest absolute Gasteiger partial charge is 2.00 e. The van der Waals surface area contributed by atoms with Gasteiger partial charge in [-0.15, -0.1) is 0 Å². The molecule has 4 aromatic rings. The molecule has 356 valence electrons. The van der Waals surface area contributed by atoms with E-state index in [4.69, 9.17) is 9.47 Å². The van der Waals surface area contributed by atoms with Gasteiger partial charge in [-0.05, 0) is 67.6 Å². The molecule has 0 unspecified atom stereocenters. The van der Waals surface area contributed by atoms with Gasteiger partial charge in [0.15, 0.2) is 11.5 Å². The van der Waals surface area contributed by atoms with Crippen LogP contribution < -0.4 is 14.6 Å². The van der Waals surface area contributed by atoms with Gasteiger partial charge >= 0.3 is 37.7 Å². The van der Waals surface area contributed by atoms with Crippen LogP contribution in [0.25, 0.3) is 0 Å². The van der Waals surface area contributed by atoms with Crippen LogP contribution in [0.15, 0.2) is 94.7 Å². The van der Waals surface area contributed by atoms with Crippen LogP contribution in [0.5, 0.6) is 34.5 Å². The summed E-state index contributed by atoms with van der Waals surface area (Å²) in [7, 11) is -9.34. The van der Waals surface area contributed by atoms with Crippen LogP contribution in [0, 0.1) is 0 Å². The van der Waals surface area contributed by atoms with E-state index in [0.717, 1.165) is 38.5 Å². The predicted octanol–water partition coefficient (Wildman–Crippen LogP) is 14.0. The van der Waals surface area contributed by atoms with E-state index >= 15 is 0 Å². The molecule has 0 aromatic heterocycles. The summed E-state index contributed by atoms with van der Waals surface area (Å²) in [6.07, 6.45) is 30.9. The monoisotopic (exact) mass is 962 g/mol. The van der Waals surface area contributed by atoms with Gasteiger partial charge in [-0.25, -0.2) is 8.42 Å². The van der Waals surface area contributed by atoms with Crippen molar-refractivity contribution in [3.05, 3.63) is 96.1 Å². The average Bonchev–Trinajstić information content (AvgIpc) is 3.27. The number of hydrogen-bond donors (Lipinski definition) is 2. The first kappa shape index (κ1) is 58.3. The van der Waals surface area contributed by atoms with Gasteiger partial charge in [-0.2, -0.15) is 8.42 Å². The van der Waals surface area contributed by atoms with Gasteiger partial charge in [0.25, 0.3) is 10.1 Å². The Hall–Kier alpha value is -2.84. The summed E-state index contributed by atoms with van der Waals surface area (Å²) in [6, 6.07) is 22.5. The van der Waals surface area contributed by atoms with Crippen molar-refractivity contribution in [3.8, 4) is 34.5 Å². The number of unbranched alkanes of at least 4 members (excludes halogenated alkanes) is 22. The van der Waals surface area contributed by atoms with E-state index in [1.165, 1.54) is 134 Å². The summed E-state index contributed by atoms with van der Waals surface area (Å²) in [5.74, 6) is -0.675. The fraction of sp³-hybridized carbons (Fsp3) is 0.538. The second-order valence-corrected chi connectivity index (χ2v) is 19.6. The zero-order chi connectivity index (χ0) is 46.5. The van der Waals surface area contributed by atoms with Gasteiger partial charge in [-0.3, -0.25) is 4.55 Å². The van der Waals surface area contributed by atoms with Crippen LogP contribution in [-0.4, -0.2) is 68.8 Å². The Kier molecular flexibility index (Phi) is 30.1. The van der Waals surface area contributed by atoms with Crippen LogP contribution >= 0.6 is 0 Å². The molecule has 0 aliphatic carbocycles. The van der Waals surface area contributed by atoms with Crippen molar-refractivity contribution in [1.29, 1.82) is 0 Å². The van der Waals surface area contributed by atoms with Gasteiger partial charge in [0.1, 0.15) is 32.3 Å². The van der Waals surface area contributed by atoms with Crippen LogP contribution in [0.2, 0.25) is 0 Å². The Bertz CT molecular complexity index is 1950. The standard InChI is InChI=1S/2C26H38O5S.Ca/c2*1-2-3-4-5-6-7-8-9-10-11-12-14-17-22-20-21-24(32(28,29)30)26(25(22)27)31-23-18-15-13-16-19-23;/h2*13,15-16,18-21,27H,2-12,14,17H2,1H3,(H,28,29,30);/q;;+2/p-2. The molecule has 0 atom stereocenters. The number of phenols is 1. The minimum Gasteiger partial charge on any atom is -0.870 e. The molecule has 0 fully saturated rings. The number of para-hydroxylation sites is 2. The van der Waals surface area contributed by atoms with Crippen LogP contribution in [-0.2, 0) is 33.1 Å². The zero-order valence-corrected chi connectivity index (χ0v) is 43.0. The molecule has 0 aliphatic rings. The normalized spacial score (nSPS) is 11.4. The van der Waals surface area contributed by atoms with Crippen molar-refractivity contribution < 1.29 is 45.6 Å². The van der Waals surface area contributed by atoms with E-state index in [9.17, 15) is 36.2 Å². The minimum absolute atomic E-state index is 0. The Morgan fingerprint density at radius 3 is 1.18 bits per heavy atom. The van der Waals surface area contributed by atoms with Gasteiger partial charge in [0, 0.05) is 0 Å². The van der Waals surface area contributed by atoms with Crippen LogP contribution in [0.1, 0.15) is 179 Å². The van der Waals surface area contributed by atoms with Crippen molar-refractivity contribution in [3.63, 3.8) is 0 Å². The Labute approximate surface area is 421 Å². The molecule has 0 spiro atoms. The van der Waals surface area contributed by atoms with E-state index < -0.39 is 41.5 Å². The van der Waals surface area contributed by atoms with Gasteiger partial charge in [0.05, 0.1) is 4.90 Å². The van der Waals surface area contributed by atoms with Gasteiger partial charge < -0.3 is 24.2 Å². The summed E-state index contributed by atoms with van der Waals surface area (Å²) < 4.78 is 79.0. The molecular formula is C52H74CaO10S2. The number of aryl methyl sites for hydroxylation is 2. The molecule has 0 saturated heterocycles. The summed E-state index contributed by atoms with van der Waals surface area (Å²) in [5, 5.41) is 23.5. The van der Waals surface area contributed by atoms with Crippen molar-refractivity contribution in [2.75, 3.05) is 0 Å². The molecule has 13 heteroatoms. The maximum absolute atomic E-state index is 12.8. The van der Waals surface area contributed by atoms with E-state index in [1.54, 1.807) is 66.7 Å². The second kappa shape index (κ2) is 33.6. The fourth-order valence-electron chi connectivity index (χ4n) is 7.70. The molecule has 65 heavy (non-hydrogen) atoms. The van der Waals surface area contributed by atoms with E-state index in [1.807, 2.05) is 0 Å². The first-order valence-corrected chi connectivity index (χ1v) is 26.8. The minimum atomic E-state index is -4.81. The molecular weight excluding hydrogens is 889 g/mol. The molecule has 0 bridgehead atoms. The van der Waals surface area contributed by atoms with Crippen LogP contribution in [0.4, 0.5) is 0 Å². The molecule has 4 aromatic carbocycles. The smallest absolute Gasteiger partial charge is 0.870 e. The Morgan fingerprint density at radius 1 is 0.462 bits per heavy atom. The molecule has 2 N–H and O–H groups in total. The van der Waals surface area contributed by atoms with E-state index in [0.29, 0.717) is 35.5 Å². The van der Waals surface area contributed by atoms with Gasteiger partial charge in [0.2, 0.25) is 0 Å². The molecule has 10 nitrogen and oxygen atoms in total. The van der Waals surface area contributed by atoms with Crippen molar-refractivity contribution in [1.82, 2.24) is 0 Å². The third kappa shape index (κ3) is 23.6. The number of ether oxygens (including phenoxy) is 2. The Balaban J connectivity index is 0.000000440.